The van der Waals surface area contributed by atoms with Crippen molar-refractivity contribution in [3.05, 3.63) is 40.3 Å². The van der Waals surface area contributed by atoms with Gasteiger partial charge in [-0.05, 0) is 17.7 Å². The third-order valence-corrected chi connectivity index (χ3v) is 3.00. The van der Waals surface area contributed by atoms with E-state index in [1.165, 1.54) is 11.3 Å². The van der Waals surface area contributed by atoms with E-state index in [2.05, 4.69) is 4.98 Å². The van der Waals surface area contributed by atoms with Crippen LogP contribution in [0.2, 0.25) is 0 Å². The molecule has 17 heavy (non-hydrogen) atoms. The molecule has 0 atom stereocenters. The number of methoxy groups -OCH3 is 1. The van der Waals surface area contributed by atoms with Gasteiger partial charge in [-0.2, -0.15) is 0 Å². The summed E-state index contributed by atoms with van der Waals surface area (Å²) in [4.78, 5) is 4.13. The van der Waals surface area contributed by atoms with Crippen molar-refractivity contribution in [2.24, 2.45) is 0 Å². The molecule has 0 aliphatic carbocycles. The van der Waals surface area contributed by atoms with E-state index in [9.17, 15) is 0 Å². The number of hydrogen-bond acceptors (Lipinski definition) is 5. The van der Waals surface area contributed by atoms with Gasteiger partial charge in [-0.1, -0.05) is 6.07 Å². The zero-order valence-corrected chi connectivity index (χ0v) is 10.2. The Balaban J connectivity index is 2.12. The van der Waals surface area contributed by atoms with Crippen LogP contribution >= 0.6 is 11.3 Å². The van der Waals surface area contributed by atoms with E-state index < -0.39 is 0 Å². The van der Waals surface area contributed by atoms with Crippen LogP contribution in [0.4, 0.5) is 0 Å². The fourth-order valence-electron chi connectivity index (χ4n) is 1.40. The second kappa shape index (κ2) is 5.65. The average Bonchev–Trinajstić information content (AvgIpc) is 2.89. The van der Waals surface area contributed by atoms with Gasteiger partial charge in [0.05, 0.1) is 13.7 Å². The minimum Gasteiger partial charge on any atom is -0.493 e. The average molecular weight is 251 g/mol. The van der Waals surface area contributed by atoms with E-state index in [0.717, 1.165) is 10.6 Å². The lowest BCUT2D eigenvalue weighted by Gasteiger charge is -2.10. The largest absolute Gasteiger partial charge is 0.493 e. The fourth-order valence-corrected chi connectivity index (χ4v) is 1.92. The molecule has 0 saturated carbocycles. The summed E-state index contributed by atoms with van der Waals surface area (Å²) in [6, 6.07) is 5.35. The van der Waals surface area contributed by atoms with E-state index in [4.69, 9.17) is 14.6 Å². The number of nitrogens with zero attached hydrogens (tertiary/aromatic N) is 1. The van der Waals surface area contributed by atoms with Crippen LogP contribution in [0, 0.1) is 0 Å². The lowest BCUT2D eigenvalue weighted by atomic mass is 10.2. The van der Waals surface area contributed by atoms with Crippen LogP contribution in [0.1, 0.15) is 10.6 Å². The highest BCUT2D eigenvalue weighted by Crippen LogP contribution is 2.29. The first-order valence-corrected chi connectivity index (χ1v) is 6.00. The Hall–Kier alpha value is -1.59. The molecule has 0 aliphatic heterocycles. The van der Waals surface area contributed by atoms with Gasteiger partial charge < -0.3 is 14.6 Å². The summed E-state index contributed by atoms with van der Waals surface area (Å²) in [5.74, 6) is 1.27. The van der Waals surface area contributed by atoms with Gasteiger partial charge in [-0.15, -0.1) is 11.3 Å². The third kappa shape index (κ3) is 2.95. The maximum Gasteiger partial charge on any atom is 0.162 e. The molecule has 5 heteroatoms. The quantitative estimate of drug-likeness (QED) is 0.885. The van der Waals surface area contributed by atoms with E-state index >= 15 is 0 Å². The van der Waals surface area contributed by atoms with Crippen LogP contribution in [0.25, 0.3) is 0 Å². The number of ether oxygens (including phenoxy) is 2. The lowest BCUT2D eigenvalue weighted by Crippen LogP contribution is -1.98. The second-order valence-corrected chi connectivity index (χ2v) is 4.34. The smallest absolute Gasteiger partial charge is 0.162 e. The molecular formula is C12H13NO3S. The van der Waals surface area contributed by atoms with Crippen LogP contribution in [-0.4, -0.2) is 17.2 Å². The number of benzene rings is 1. The van der Waals surface area contributed by atoms with Crippen molar-refractivity contribution in [3.63, 3.8) is 0 Å². The molecule has 1 aromatic carbocycles. The third-order valence-electron chi connectivity index (χ3n) is 2.25. The summed E-state index contributed by atoms with van der Waals surface area (Å²) in [5, 5.41) is 11.9. The van der Waals surface area contributed by atoms with Crippen molar-refractivity contribution in [3.8, 4) is 11.5 Å². The number of aliphatic hydroxyl groups excluding tert-OH is 1. The fraction of sp³-hybridized carbons (Fsp3) is 0.250. The molecule has 4 nitrogen and oxygen atoms in total. The Morgan fingerprint density at radius 3 is 2.88 bits per heavy atom. The molecule has 0 aliphatic rings. The molecule has 2 aromatic rings. The molecule has 0 saturated heterocycles. The van der Waals surface area contributed by atoms with Gasteiger partial charge in [0.1, 0.15) is 11.6 Å². The highest BCUT2D eigenvalue weighted by atomic mass is 32.1. The Bertz CT molecular complexity index is 471. The summed E-state index contributed by atoms with van der Waals surface area (Å²) in [5.41, 5.74) is 0.792. The predicted molar refractivity (Wildman–Crippen MR) is 65.4 cm³/mol. The standard InChI is InChI=1S/C12H13NO3S/c1-15-10-3-2-9(7-14)6-11(10)16-8-12-13-4-5-17-12/h2-6,14H,7-8H2,1H3. The van der Waals surface area contributed by atoms with Crippen LogP contribution in [0.5, 0.6) is 11.5 Å². The van der Waals surface area contributed by atoms with E-state index in [-0.39, 0.29) is 6.61 Å². The molecule has 1 N–H and O–H groups in total. The number of rotatable bonds is 5. The van der Waals surface area contributed by atoms with Crippen molar-refractivity contribution in [2.75, 3.05) is 7.11 Å². The van der Waals surface area contributed by atoms with Gasteiger partial charge in [-0.3, -0.25) is 0 Å². The molecule has 0 amide bonds. The SMILES string of the molecule is COc1ccc(CO)cc1OCc1nccs1. The number of hydrogen-bond donors (Lipinski definition) is 1. The minimum absolute atomic E-state index is 0.0163. The van der Waals surface area contributed by atoms with Crippen LogP contribution in [0.3, 0.4) is 0 Å². The van der Waals surface area contributed by atoms with E-state index in [1.54, 1.807) is 31.5 Å². The Labute approximate surface area is 103 Å². The Morgan fingerprint density at radius 2 is 2.24 bits per heavy atom. The normalized spacial score (nSPS) is 10.2. The second-order valence-electron chi connectivity index (χ2n) is 3.36. The number of aromatic nitrogens is 1. The highest BCUT2D eigenvalue weighted by Gasteiger charge is 2.06. The van der Waals surface area contributed by atoms with Crippen LogP contribution < -0.4 is 9.47 Å². The first kappa shape index (κ1) is 11.9. The Morgan fingerprint density at radius 1 is 1.35 bits per heavy atom. The summed E-state index contributed by atoms with van der Waals surface area (Å²) >= 11 is 1.54. The van der Waals surface area contributed by atoms with Crippen molar-refractivity contribution in [1.82, 2.24) is 4.98 Å². The van der Waals surface area contributed by atoms with Gasteiger partial charge in [0.25, 0.3) is 0 Å². The van der Waals surface area contributed by atoms with Crippen molar-refractivity contribution < 1.29 is 14.6 Å². The molecule has 1 aromatic heterocycles. The first-order chi connectivity index (χ1) is 8.33. The van der Waals surface area contributed by atoms with Crippen molar-refractivity contribution in [2.45, 2.75) is 13.2 Å². The molecule has 0 radical (unpaired) electrons. The highest BCUT2D eigenvalue weighted by molar-refractivity contribution is 7.09. The van der Waals surface area contributed by atoms with E-state index in [1.807, 2.05) is 5.38 Å². The predicted octanol–water partition coefficient (Wildman–Crippen LogP) is 2.22. The lowest BCUT2D eigenvalue weighted by molar-refractivity contribution is 0.271. The van der Waals surface area contributed by atoms with Crippen LogP contribution in [-0.2, 0) is 13.2 Å². The first-order valence-electron chi connectivity index (χ1n) is 5.12. The molecule has 1 heterocycles. The molecule has 2 rings (SSSR count). The number of aliphatic hydroxyl groups is 1. The summed E-state index contributed by atoms with van der Waals surface area (Å²) in [6.45, 7) is 0.389. The monoisotopic (exact) mass is 251 g/mol. The molecule has 0 fully saturated rings. The van der Waals surface area contributed by atoms with Gasteiger partial charge in [0, 0.05) is 11.6 Å². The summed E-state index contributed by atoms with van der Waals surface area (Å²) in [7, 11) is 1.59. The molecule has 0 bridgehead atoms. The summed E-state index contributed by atoms with van der Waals surface area (Å²) < 4.78 is 10.8. The number of thiazole rings is 1. The maximum atomic E-state index is 9.07. The van der Waals surface area contributed by atoms with E-state index in [0.29, 0.717) is 18.1 Å². The van der Waals surface area contributed by atoms with Crippen molar-refractivity contribution >= 4 is 11.3 Å². The van der Waals surface area contributed by atoms with Gasteiger partial charge in [-0.25, -0.2) is 4.98 Å². The Kier molecular flexibility index (Phi) is 3.95. The van der Waals surface area contributed by atoms with Crippen LogP contribution in [0.15, 0.2) is 29.8 Å². The maximum absolute atomic E-state index is 9.07. The zero-order chi connectivity index (χ0) is 12.1. The molecular weight excluding hydrogens is 238 g/mol. The zero-order valence-electron chi connectivity index (χ0n) is 9.42. The molecule has 0 spiro atoms. The topological polar surface area (TPSA) is 51.6 Å². The molecule has 90 valence electrons. The minimum atomic E-state index is -0.0163. The van der Waals surface area contributed by atoms with Crippen molar-refractivity contribution in [1.29, 1.82) is 0 Å². The molecule has 0 unspecified atom stereocenters. The summed E-state index contributed by atoms with van der Waals surface area (Å²) in [6.07, 6.45) is 1.74. The van der Waals surface area contributed by atoms with Gasteiger partial charge in [0.15, 0.2) is 11.5 Å². The van der Waals surface area contributed by atoms with Gasteiger partial charge in [0.2, 0.25) is 0 Å². The van der Waals surface area contributed by atoms with Gasteiger partial charge >= 0.3 is 0 Å².